The summed E-state index contributed by atoms with van der Waals surface area (Å²) in [5, 5.41) is 13.5. The predicted molar refractivity (Wildman–Crippen MR) is 122 cm³/mol. The molecule has 1 saturated heterocycles. The van der Waals surface area contributed by atoms with Crippen molar-refractivity contribution in [2.75, 3.05) is 18.5 Å². The Kier molecular flexibility index (Phi) is 7.62. The molecule has 0 spiro atoms. The average Bonchev–Trinajstić information content (AvgIpc) is 3.02. The van der Waals surface area contributed by atoms with Gasteiger partial charge in [-0.15, -0.1) is 0 Å². The number of carbonyl (C=O) groups excluding carboxylic acids is 3. The molecule has 2 N–H and O–H groups in total. The van der Waals surface area contributed by atoms with E-state index in [1.165, 1.54) is 4.90 Å². The van der Waals surface area contributed by atoms with E-state index in [2.05, 4.69) is 5.32 Å². The molecule has 6 atom stereocenters. The molecule has 7 nitrogen and oxygen atoms in total. The smallest absolute Gasteiger partial charge is 0.310 e. The van der Waals surface area contributed by atoms with Gasteiger partial charge in [-0.05, 0) is 43.0 Å². The van der Waals surface area contributed by atoms with Gasteiger partial charge in [0.2, 0.25) is 11.8 Å². The molecule has 0 unspecified atom stereocenters. The molecule has 32 heavy (non-hydrogen) atoms. The van der Waals surface area contributed by atoms with Crippen LogP contribution in [0, 0.1) is 29.6 Å². The molecule has 3 rings (SSSR count). The van der Waals surface area contributed by atoms with Gasteiger partial charge in [-0.25, -0.2) is 0 Å². The predicted octanol–water partition coefficient (Wildman–Crippen LogP) is 3.12. The van der Waals surface area contributed by atoms with E-state index in [9.17, 15) is 19.5 Å². The summed E-state index contributed by atoms with van der Waals surface area (Å²) in [4.78, 5) is 41.4. The molecule has 0 saturated carbocycles. The zero-order valence-electron chi connectivity index (χ0n) is 18.8. The molecule has 0 aromatic heterocycles. The van der Waals surface area contributed by atoms with E-state index in [1.54, 1.807) is 31.2 Å². The number of nitrogens with zero attached hydrogens (tertiary/aromatic N) is 1. The van der Waals surface area contributed by atoms with Crippen molar-refractivity contribution in [1.82, 2.24) is 4.90 Å². The fourth-order valence-electron chi connectivity index (χ4n) is 4.86. The Labute approximate surface area is 193 Å². The minimum Gasteiger partial charge on any atom is -0.466 e. The van der Waals surface area contributed by atoms with Crippen molar-refractivity contribution in [3.05, 3.63) is 41.4 Å². The molecule has 174 valence electrons. The average molecular weight is 463 g/mol. The number of nitrogens with one attached hydrogen (secondary N) is 1. The highest BCUT2D eigenvalue weighted by molar-refractivity contribution is 6.30. The topological polar surface area (TPSA) is 95.9 Å². The lowest BCUT2D eigenvalue weighted by atomic mass is 9.70. The number of halogens is 1. The summed E-state index contributed by atoms with van der Waals surface area (Å²) in [6.07, 6.45) is 3.75. The Morgan fingerprint density at radius 3 is 2.44 bits per heavy atom. The van der Waals surface area contributed by atoms with E-state index in [1.807, 2.05) is 32.9 Å². The van der Waals surface area contributed by atoms with Crippen LogP contribution in [0.5, 0.6) is 0 Å². The Hall–Kier alpha value is -2.38. The standard InChI is InChI=1S/C24H31ClN2O5/c1-5-32-24(31)19-14(4)6-11-17-20(19)23(30)27(18(12-28)13(2)3)21(17)22(29)26-16-9-7-15(25)8-10-16/h6-11,13-14,17-21,28H,5,12H2,1-4H3,(H,26,29)/t14-,17+,18+,19-,20-,21+/m1/s1. The van der Waals surface area contributed by atoms with Crippen molar-refractivity contribution in [2.24, 2.45) is 29.6 Å². The largest absolute Gasteiger partial charge is 0.466 e. The Morgan fingerprint density at radius 2 is 1.88 bits per heavy atom. The fourth-order valence-corrected chi connectivity index (χ4v) is 4.99. The third-order valence-corrected chi connectivity index (χ3v) is 6.71. The van der Waals surface area contributed by atoms with E-state index in [0.717, 1.165) is 0 Å². The van der Waals surface area contributed by atoms with Crippen LogP contribution in [0.4, 0.5) is 5.69 Å². The van der Waals surface area contributed by atoms with Gasteiger partial charge in [-0.1, -0.05) is 44.5 Å². The van der Waals surface area contributed by atoms with E-state index in [-0.39, 0.29) is 36.9 Å². The third-order valence-electron chi connectivity index (χ3n) is 6.46. The number of hydrogen-bond donors (Lipinski definition) is 2. The van der Waals surface area contributed by atoms with Gasteiger partial charge in [0, 0.05) is 16.6 Å². The van der Waals surface area contributed by atoms with Gasteiger partial charge >= 0.3 is 5.97 Å². The molecule has 2 amide bonds. The molecular formula is C24H31ClN2O5. The number of aliphatic hydroxyl groups is 1. The van der Waals surface area contributed by atoms with E-state index in [0.29, 0.717) is 10.7 Å². The number of rotatable bonds is 7. The Bertz CT molecular complexity index is 885. The van der Waals surface area contributed by atoms with Crippen LogP contribution >= 0.6 is 11.6 Å². The number of benzene rings is 1. The van der Waals surface area contributed by atoms with Gasteiger partial charge in [0.15, 0.2) is 0 Å². The summed E-state index contributed by atoms with van der Waals surface area (Å²) < 4.78 is 5.27. The molecule has 1 aliphatic heterocycles. The highest BCUT2D eigenvalue weighted by Crippen LogP contribution is 2.45. The SMILES string of the molecule is CCOC(=O)[C@H]1[C@@H]2C(=O)N([C@@H](CO)C(C)C)[C@H](C(=O)Nc3ccc(Cl)cc3)[C@H]2C=C[C@H]1C. The van der Waals surface area contributed by atoms with Gasteiger partial charge in [-0.3, -0.25) is 14.4 Å². The third kappa shape index (κ3) is 4.55. The van der Waals surface area contributed by atoms with Crippen LogP contribution in [0.1, 0.15) is 27.7 Å². The molecule has 0 bridgehead atoms. The first-order valence-electron chi connectivity index (χ1n) is 11.1. The molecule has 1 fully saturated rings. The zero-order valence-corrected chi connectivity index (χ0v) is 19.6. The molecule has 1 aromatic carbocycles. The summed E-state index contributed by atoms with van der Waals surface area (Å²) in [5.74, 6) is -3.29. The maximum absolute atomic E-state index is 13.7. The molecular weight excluding hydrogens is 432 g/mol. The van der Waals surface area contributed by atoms with Crippen molar-refractivity contribution in [1.29, 1.82) is 0 Å². The van der Waals surface area contributed by atoms with Gasteiger partial charge in [-0.2, -0.15) is 0 Å². The lowest BCUT2D eigenvalue weighted by Crippen LogP contribution is -2.52. The molecule has 1 aliphatic carbocycles. The maximum atomic E-state index is 13.7. The van der Waals surface area contributed by atoms with E-state index < -0.39 is 35.8 Å². The van der Waals surface area contributed by atoms with Crippen LogP contribution < -0.4 is 5.32 Å². The van der Waals surface area contributed by atoms with E-state index in [4.69, 9.17) is 16.3 Å². The van der Waals surface area contributed by atoms with Crippen molar-refractivity contribution >= 4 is 35.1 Å². The number of amides is 2. The summed E-state index contributed by atoms with van der Waals surface area (Å²) in [6, 6.07) is 5.29. The molecule has 2 aliphatic rings. The van der Waals surface area contributed by atoms with Gasteiger partial charge < -0.3 is 20.1 Å². The first kappa shape index (κ1) is 24.3. The van der Waals surface area contributed by atoms with Crippen LogP contribution in [0.3, 0.4) is 0 Å². The molecule has 1 aromatic rings. The Balaban J connectivity index is 2.02. The van der Waals surface area contributed by atoms with Crippen molar-refractivity contribution in [3.63, 3.8) is 0 Å². The van der Waals surface area contributed by atoms with Gasteiger partial charge in [0.1, 0.15) is 6.04 Å². The summed E-state index contributed by atoms with van der Waals surface area (Å²) in [5.41, 5.74) is 0.551. The van der Waals surface area contributed by atoms with Crippen molar-refractivity contribution in [3.8, 4) is 0 Å². The first-order valence-corrected chi connectivity index (χ1v) is 11.4. The van der Waals surface area contributed by atoms with E-state index >= 15 is 0 Å². The number of hydrogen-bond acceptors (Lipinski definition) is 5. The zero-order chi connectivity index (χ0) is 23.6. The molecule has 8 heteroatoms. The second kappa shape index (κ2) is 10.0. The lowest BCUT2D eigenvalue weighted by Gasteiger charge is -2.35. The van der Waals surface area contributed by atoms with Crippen LogP contribution in [0.25, 0.3) is 0 Å². The number of aliphatic hydroxyl groups excluding tert-OH is 1. The normalized spacial score (nSPS) is 27.9. The number of carbonyl (C=O) groups is 3. The highest BCUT2D eigenvalue weighted by atomic mass is 35.5. The highest BCUT2D eigenvalue weighted by Gasteiger charge is 2.58. The monoisotopic (exact) mass is 462 g/mol. The van der Waals surface area contributed by atoms with Crippen LogP contribution in [-0.2, 0) is 19.1 Å². The van der Waals surface area contributed by atoms with Crippen LogP contribution in [-0.4, -0.2) is 53.1 Å². The van der Waals surface area contributed by atoms with Crippen molar-refractivity contribution < 1.29 is 24.2 Å². The Morgan fingerprint density at radius 1 is 1.22 bits per heavy atom. The fraction of sp³-hybridized carbons (Fsp3) is 0.542. The number of fused-ring (bicyclic) bond motifs is 1. The quantitative estimate of drug-likeness (QED) is 0.479. The minimum absolute atomic E-state index is 0.0858. The summed E-state index contributed by atoms with van der Waals surface area (Å²) in [7, 11) is 0. The second-order valence-electron chi connectivity index (χ2n) is 8.81. The minimum atomic E-state index is -0.858. The number of anilines is 1. The molecule has 1 heterocycles. The number of allylic oxidation sites excluding steroid dienone is 1. The maximum Gasteiger partial charge on any atom is 0.310 e. The first-order chi connectivity index (χ1) is 15.2. The number of ether oxygens (including phenoxy) is 1. The van der Waals surface area contributed by atoms with Crippen LogP contribution in [0.2, 0.25) is 5.02 Å². The lowest BCUT2D eigenvalue weighted by molar-refractivity contribution is -0.156. The number of esters is 1. The van der Waals surface area contributed by atoms with Gasteiger partial charge in [0.25, 0.3) is 0 Å². The number of likely N-dealkylation sites (tertiary alicyclic amines) is 1. The summed E-state index contributed by atoms with van der Waals surface area (Å²) >= 11 is 5.94. The van der Waals surface area contributed by atoms with Crippen LogP contribution in [0.15, 0.2) is 36.4 Å². The molecule has 0 radical (unpaired) electrons. The van der Waals surface area contributed by atoms with Crippen molar-refractivity contribution in [2.45, 2.75) is 39.8 Å². The second-order valence-corrected chi connectivity index (χ2v) is 9.24. The summed E-state index contributed by atoms with van der Waals surface area (Å²) in [6.45, 7) is 7.32. The van der Waals surface area contributed by atoms with Gasteiger partial charge in [0.05, 0.1) is 31.1 Å².